The van der Waals surface area contributed by atoms with Crippen LogP contribution in [0.2, 0.25) is 0 Å². The molecular weight excluding hydrogens is 174 g/mol. The second-order valence-corrected chi connectivity index (χ2v) is 3.36. The Kier molecular flexibility index (Phi) is 1.36. The third kappa shape index (κ3) is 0.865. The number of pyridine rings is 1. The largest absolute Gasteiger partial charge is 0.334 e. The van der Waals surface area contributed by atoms with Crippen LogP contribution in [0.25, 0.3) is 21.9 Å². The number of hydrogen-bond acceptors (Lipinski definition) is 2. The summed E-state index contributed by atoms with van der Waals surface area (Å²) in [4.78, 5) is 8.66. The quantitative estimate of drug-likeness (QED) is 0.534. The lowest BCUT2D eigenvalue weighted by atomic mass is 10.2. The summed E-state index contributed by atoms with van der Waals surface area (Å²) >= 11 is 0. The summed E-state index contributed by atoms with van der Waals surface area (Å²) in [5.74, 6) is 0. The van der Waals surface area contributed by atoms with Crippen molar-refractivity contribution in [2.75, 3.05) is 0 Å². The molecule has 2 aromatic heterocycles. The molecular formula is C11H9N3. The number of benzene rings is 1. The molecule has 0 saturated heterocycles. The van der Waals surface area contributed by atoms with Gasteiger partial charge in [0.15, 0.2) is 0 Å². The first-order valence-electron chi connectivity index (χ1n) is 4.51. The smallest absolute Gasteiger partial charge is 0.0978 e. The van der Waals surface area contributed by atoms with E-state index in [1.54, 1.807) is 6.20 Å². The van der Waals surface area contributed by atoms with E-state index in [-0.39, 0.29) is 0 Å². The second kappa shape index (κ2) is 2.54. The van der Waals surface area contributed by atoms with E-state index in [9.17, 15) is 0 Å². The fraction of sp³-hybridized carbons (Fsp3) is 0.0909. The van der Waals surface area contributed by atoms with Gasteiger partial charge in [-0.05, 0) is 24.3 Å². The first kappa shape index (κ1) is 7.50. The van der Waals surface area contributed by atoms with Gasteiger partial charge in [-0.2, -0.15) is 0 Å². The maximum atomic E-state index is 4.37. The molecule has 0 aliphatic heterocycles. The van der Waals surface area contributed by atoms with Gasteiger partial charge in [-0.3, -0.25) is 4.98 Å². The van der Waals surface area contributed by atoms with Gasteiger partial charge in [0.1, 0.15) is 0 Å². The predicted molar refractivity (Wildman–Crippen MR) is 56.0 cm³/mol. The van der Waals surface area contributed by atoms with Crippen molar-refractivity contribution in [3.63, 3.8) is 0 Å². The lowest BCUT2D eigenvalue weighted by Gasteiger charge is -1.98. The average Bonchev–Trinajstić information content (AvgIpc) is 2.61. The van der Waals surface area contributed by atoms with Crippen LogP contribution in [-0.2, 0) is 7.05 Å². The van der Waals surface area contributed by atoms with Gasteiger partial charge in [0, 0.05) is 18.6 Å². The van der Waals surface area contributed by atoms with E-state index in [0.717, 1.165) is 21.9 Å². The number of fused-ring (bicyclic) bond motifs is 3. The summed E-state index contributed by atoms with van der Waals surface area (Å²) < 4.78 is 2.02. The molecule has 0 fully saturated rings. The maximum Gasteiger partial charge on any atom is 0.0978 e. The standard InChI is InChI=1S/C11H9N3/c1-14-7-13-11-8-3-2-6-12-9(8)4-5-10(11)14/h2-7H,1H3. The zero-order valence-corrected chi connectivity index (χ0v) is 7.81. The molecule has 0 atom stereocenters. The highest BCUT2D eigenvalue weighted by atomic mass is 15.0. The van der Waals surface area contributed by atoms with Crippen LogP contribution in [0.15, 0.2) is 36.8 Å². The van der Waals surface area contributed by atoms with Gasteiger partial charge in [-0.1, -0.05) is 0 Å². The minimum absolute atomic E-state index is 0.999. The maximum absolute atomic E-state index is 4.37. The fourth-order valence-corrected chi connectivity index (χ4v) is 1.75. The summed E-state index contributed by atoms with van der Waals surface area (Å²) in [5, 5.41) is 1.12. The van der Waals surface area contributed by atoms with Gasteiger partial charge in [-0.15, -0.1) is 0 Å². The van der Waals surface area contributed by atoms with Crippen LogP contribution in [0.4, 0.5) is 0 Å². The molecule has 0 aliphatic rings. The third-order valence-corrected chi connectivity index (χ3v) is 2.48. The van der Waals surface area contributed by atoms with E-state index in [1.807, 2.05) is 30.1 Å². The van der Waals surface area contributed by atoms with Crippen molar-refractivity contribution in [3.05, 3.63) is 36.8 Å². The van der Waals surface area contributed by atoms with Crippen molar-refractivity contribution < 1.29 is 0 Å². The SMILES string of the molecule is Cn1cnc2c3cccnc3ccc21. The van der Waals surface area contributed by atoms with E-state index in [4.69, 9.17) is 0 Å². The monoisotopic (exact) mass is 183 g/mol. The predicted octanol–water partition coefficient (Wildman–Crippen LogP) is 2.12. The zero-order chi connectivity index (χ0) is 9.54. The first-order chi connectivity index (χ1) is 6.86. The number of aryl methyl sites for hydroxylation is 1. The van der Waals surface area contributed by atoms with E-state index >= 15 is 0 Å². The molecule has 0 amide bonds. The van der Waals surface area contributed by atoms with Crippen LogP contribution in [0, 0.1) is 0 Å². The molecule has 3 nitrogen and oxygen atoms in total. The van der Waals surface area contributed by atoms with Crippen LogP contribution in [0.3, 0.4) is 0 Å². The Balaban J connectivity index is 2.61. The number of nitrogens with zero attached hydrogens (tertiary/aromatic N) is 3. The molecule has 0 radical (unpaired) electrons. The van der Waals surface area contributed by atoms with Crippen molar-refractivity contribution in [1.29, 1.82) is 0 Å². The van der Waals surface area contributed by atoms with Crippen LogP contribution in [0.5, 0.6) is 0 Å². The lowest BCUT2D eigenvalue weighted by Crippen LogP contribution is -1.84. The zero-order valence-electron chi connectivity index (χ0n) is 7.81. The summed E-state index contributed by atoms with van der Waals surface area (Å²) in [7, 11) is 2.00. The Morgan fingerprint density at radius 3 is 3.00 bits per heavy atom. The Morgan fingerprint density at radius 1 is 1.14 bits per heavy atom. The van der Waals surface area contributed by atoms with Crippen molar-refractivity contribution in [2.24, 2.45) is 7.05 Å². The minimum Gasteiger partial charge on any atom is -0.334 e. The number of rotatable bonds is 0. The summed E-state index contributed by atoms with van der Waals surface area (Å²) in [6, 6.07) is 8.07. The Hall–Kier alpha value is -1.90. The molecule has 0 unspecified atom stereocenters. The van der Waals surface area contributed by atoms with E-state index in [0.29, 0.717) is 0 Å². The summed E-state index contributed by atoms with van der Waals surface area (Å²) in [6.07, 6.45) is 3.63. The number of hydrogen-bond donors (Lipinski definition) is 0. The Bertz CT molecular complexity index is 610. The second-order valence-electron chi connectivity index (χ2n) is 3.36. The van der Waals surface area contributed by atoms with E-state index < -0.39 is 0 Å². The summed E-state index contributed by atoms with van der Waals surface area (Å²) in [5.41, 5.74) is 3.17. The van der Waals surface area contributed by atoms with Crippen molar-refractivity contribution in [2.45, 2.75) is 0 Å². The van der Waals surface area contributed by atoms with Crippen molar-refractivity contribution in [3.8, 4) is 0 Å². The molecule has 3 rings (SSSR count). The average molecular weight is 183 g/mol. The molecule has 0 saturated carbocycles. The van der Waals surface area contributed by atoms with Crippen LogP contribution in [0.1, 0.15) is 0 Å². The van der Waals surface area contributed by atoms with Gasteiger partial charge in [0.05, 0.1) is 22.9 Å². The van der Waals surface area contributed by atoms with Gasteiger partial charge in [0.2, 0.25) is 0 Å². The topological polar surface area (TPSA) is 30.7 Å². The first-order valence-corrected chi connectivity index (χ1v) is 4.51. The van der Waals surface area contributed by atoms with Gasteiger partial charge < -0.3 is 4.57 Å². The lowest BCUT2D eigenvalue weighted by molar-refractivity contribution is 0.948. The molecule has 0 N–H and O–H groups in total. The highest BCUT2D eigenvalue weighted by Crippen LogP contribution is 2.21. The fourth-order valence-electron chi connectivity index (χ4n) is 1.75. The summed E-state index contributed by atoms with van der Waals surface area (Å²) in [6.45, 7) is 0. The molecule has 68 valence electrons. The van der Waals surface area contributed by atoms with Gasteiger partial charge in [-0.25, -0.2) is 4.98 Å². The van der Waals surface area contributed by atoms with Crippen LogP contribution < -0.4 is 0 Å². The van der Waals surface area contributed by atoms with Crippen LogP contribution >= 0.6 is 0 Å². The van der Waals surface area contributed by atoms with Crippen molar-refractivity contribution in [1.82, 2.24) is 14.5 Å². The highest BCUT2D eigenvalue weighted by Gasteiger charge is 2.03. The molecule has 3 heteroatoms. The molecule has 1 aromatic carbocycles. The van der Waals surface area contributed by atoms with Gasteiger partial charge in [0.25, 0.3) is 0 Å². The molecule has 0 spiro atoms. The molecule has 2 heterocycles. The Morgan fingerprint density at radius 2 is 2.07 bits per heavy atom. The third-order valence-electron chi connectivity index (χ3n) is 2.48. The molecule has 0 aliphatic carbocycles. The highest BCUT2D eigenvalue weighted by molar-refractivity contribution is 6.02. The van der Waals surface area contributed by atoms with Crippen molar-refractivity contribution >= 4 is 21.9 Å². The van der Waals surface area contributed by atoms with Gasteiger partial charge >= 0.3 is 0 Å². The Labute approximate surface area is 81.0 Å². The normalized spacial score (nSPS) is 11.2. The number of imidazole rings is 1. The van der Waals surface area contributed by atoms with Crippen LogP contribution in [-0.4, -0.2) is 14.5 Å². The molecule has 0 bridgehead atoms. The van der Waals surface area contributed by atoms with E-state index in [2.05, 4.69) is 22.1 Å². The molecule has 14 heavy (non-hydrogen) atoms. The minimum atomic E-state index is 0.999. The number of aromatic nitrogens is 3. The van der Waals surface area contributed by atoms with E-state index in [1.165, 1.54) is 0 Å². The molecule has 3 aromatic rings.